The van der Waals surface area contributed by atoms with E-state index in [1.54, 1.807) is 0 Å². The van der Waals surface area contributed by atoms with Crippen LogP contribution in [0.2, 0.25) is 0 Å². The lowest BCUT2D eigenvalue weighted by Gasteiger charge is -2.64. The molecule has 0 aromatic carbocycles. The molecule has 4 aliphatic rings. The van der Waals surface area contributed by atoms with Crippen LogP contribution in [0.25, 0.3) is 0 Å². The number of nitrogens with one attached hydrogen (secondary N) is 1. The van der Waals surface area contributed by atoms with Crippen molar-refractivity contribution in [3.8, 4) is 0 Å². The predicted octanol–water partition coefficient (Wildman–Crippen LogP) is 2.24. The van der Waals surface area contributed by atoms with Crippen LogP contribution in [0.4, 0.5) is 0 Å². The molecule has 0 aromatic heterocycles. The van der Waals surface area contributed by atoms with Gasteiger partial charge in [-0.2, -0.15) is 0 Å². The summed E-state index contributed by atoms with van der Waals surface area (Å²) in [6.45, 7) is 10.00. The molecule has 1 N–H and O–H groups in total. The van der Waals surface area contributed by atoms with Gasteiger partial charge < -0.3 is 14.5 Å². The van der Waals surface area contributed by atoms with Crippen molar-refractivity contribution in [2.45, 2.75) is 52.2 Å². The SMILES string of the molecule is CCNB1OC2CC3CC(C3(C)C)C2(C)O1.Cl. The van der Waals surface area contributed by atoms with Crippen molar-refractivity contribution in [3.05, 3.63) is 0 Å². The maximum Gasteiger partial charge on any atom is 0.555 e. The van der Waals surface area contributed by atoms with Gasteiger partial charge in [-0.25, -0.2) is 0 Å². The highest BCUT2D eigenvalue weighted by molar-refractivity contribution is 6.42. The highest BCUT2D eigenvalue weighted by Crippen LogP contribution is 2.65. The first-order valence-electron chi connectivity index (χ1n) is 6.55. The van der Waals surface area contributed by atoms with E-state index >= 15 is 0 Å². The molecule has 4 fully saturated rings. The summed E-state index contributed by atoms with van der Waals surface area (Å²) in [5.74, 6) is 1.49. The molecule has 1 heterocycles. The van der Waals surface area contributed by atoms with Crippen LogP contribution in [-0.2, 0) is 9.31 Å². The largest absolute Gasteiger partial charge is 0.555 e. The van der Waals surface area contributed by atoms with Crippen LogP contribution in [-0.4, -0.2) is 25.5 Å². The average Bonchev–Trinajstić information content (AvgIpc) is 2.53. The average molecular weight is 260 g/mol. The number of hydrogen-bond donors (Lipinski definition) is 1. The molecule has 4 rings (SSSR count). The fourth-order valence-electron chi connectivity index (χ4n) is 4.12. The van der Waals surface area contributed by atoms with Crippen LogP contribution >= 0.6 is 12.4 Å². The molecule has 98 valence electrons. The van der Waals surface area contributed by atoms with Crippen LogP contribution in [0.3, 0.4) is 0 Å². The Bertz CT molecular complexity index is 315. The first kappa shape index (κ1) is 13.7. The minimum atomic E-state index is -0.185. The van der Waals surface area contributed by atoms with E-state index in [0.29, 0.717) is 17.4 Å². The standard InChI is InChI=1S/C12H22BNO2.ClH/c1-5-14-13-15-10-7-8-6-9(11(8,2)3)12(10,4)16-13;/h8-10,14H,5-7H2,1-4H3;1H. The topological polar surface area (TPSA) is 30.5 Å². The first-order valence-corrected chi connectivity index (χ1v) is 6.55. The van der Waals surface area contributed by atoms with E-state index in [1.165, 1.54) is 12.8 Å². The fourth-order valence-corrected chi connectivity index (χ4v) is 4.12. The summed E-state index contributed by atoms with van der Waals surface area (Å²) in [5, 5.41) is 3.25. The predicted molar refractivity (Wildman–Crippen MR) is 71.0 cm³/mol. The minimum Gasteiger partial charge on any atom is -0.391 e. The van der Waals surface area contributed by atoms with Gasteiger partial charge in [-0.05, 0) is 43.6 Å². The highest BCUT2D eigenvalue weighted by Gasteiger charge is 2.67. The van der Waals surface area contributed by atoms with Gasteiger partial charge in [0, 0.05) is 0 Å². The van der Waals surface area contributed by atoms with Crippen molar-refractivity contribution in [3.63, 3.8) is 0 Å². The highest BCUT2D eigenvalue weighted by atomic mass is 35.5. The van der Waals surface area contributed by atoms with E-state index in [-0.39, 0.29) is 25.3 Å². The monoisotopic (exact) mass is 259 g/mol. The molecule has 5 heteroatoms. The lowest BCUT2D eigenvalue weighted by Crippen LogP contribution is -2.65. The Hall–Kier alpha value is 0.235. The zero-order valence-corrected chi connectivity index (χ0v) is 12.0. The van der Waals surface area contributed by atoms with Crippen LogP contribution in [0.15, 0.2) is 0 Å². The summed E-state index contributed by atoms with van der Waals surface area (Å²) < 4.78 is 12.1. The third kappa shape index (κ3) is 1.68. The van der Waals surface area contributed by atoms with Gasteiger partial charge in [0.15, 0.2) is 0 Å². The number of rotatable bonds is 2. The Morgan fingerprint density at radius 2 is 2.00 bits per heavy atom. The lowest BCUT2D eigenvalue weighted by atomic mass is 9.43. The summed E-state index contributed by atoms with van der Waals surface area (Å²) in [6.07, 6.45) is 2.79. The van der Waals surface area contributed by atoms with E-state index in [1.807, 2.05) is 0 Å². The maximum absolute atomic E-state index is 6.15. The molecule has 3 saturated carbocycles. The van der Waals surface area contributed by atoms with Crippen molar-refractivity contribution < 1.29 is 9.31 Å². The molecular weight excluding hydrogens is 236 g/mol. The van der Waals surface area contributed by atoms with Crippen molar-refractivity contribution in [1.29, 1.82) is 0 Å². The van der Waals surface area contributed by atoms with Crippen LogP contribution in [0.5, 0.6) is 0 Å². The minimum absolute atomic E-state index is 0. The molecule has 0 radical (unpaired) electrons. The summed E-state index contributed by atoms with van der Waals surface area (Å²) in [7, 11) is -0.185. The second-order valence-electron chi connectivity index (χ2n) is 6.36. The molecule has 0 amide bonds. The zero-order chi connectivity index (χ0) is 11.6. The Morgan fingerprint density at radius 1 is 1.29 bits per heavy atom. The third-order valence-corrected chi connectivity index (χ3v) is 5.32. The van der Waals surface area contributed by atoms with Gasteiger partial charge in [0.1, 0.15) is 0 Å². The van der Waals surface area contributed by atoms with Gasteiger partial charge >= 0.3 is 7.25 Å². The third-order valence-electron chi connectivity index (χ3n) is 5.32. The maximum atomic E-state index is 6.15. The normalized spacial score (nSPS) is 45.9. The summed E-state index contributed by atoms with van der Waals surface area (Å²) in [5.41, 5.74) is 0.376. The Labute approximate surface area is 111 Å². The molecule has 3 aliphatic carbocycles. The van der Waals surface area contributed by atoms with Gasteiger partial charge in [0.05, 0.1) is 11.7 Å². The summed E-state index contributed by atoms with van der Waals surface area (Å²) >= 11 is 0. The van der Waals surface area contributed by atoms with Gasteiger partial charge in [0.25, 0.3) is 0 Å². The molecule has 1 saturated heterocycles. The van der Waals surface area contributed by atoms with Crippen LogP contribution < -0.4 is 5.23 Å². The molecule has 17 heavy (non-hydrogen) atoms. The van der Waals surface area contributed by atoms with Crippen molar-refractivity contribution in [1.82, 2.24) is 5.23 Å². The smallest absolute Gasteiger partial charge is 0.391 e. The summed E-state index contributed by atoms with van der Waals surface area (Å²) in [4.78, 5) is 0. The Balaban J connectivity index is 0.00000108. The molecule has 1 aliphatic heterocycles. The molecule has 2 bridgehead atoms. The van der Waals surface area contributed by atoms with Crippen molar-refractivity contribution in [2.75, 3.05) is 6.54 Å². The second-order valence-corrected chi connectivity index (χ2v) is 6.36. The van der Waals surface area contributed by atoms with Crippen molar-refractivity contribution >= 4 is 19.7 Å². The van der Waals surface area contributed by atoms with Gasteiger partial charge in [-0.1, -0.05) is 20.8 Å². The summed E-state index contributed by atoms with van der Waals surface area (Å²) in [6, 6.07) is 0. The van der Waals surface area contributed by atoms with E-state index in [2.05, 4.69) is 32.9 Å². The van der Waals surface area contributed by atoms with Crippen LogP contribution in [0, 0.1) is 17.3 Å². The lowest BCUT2D eigenvalue weighted by molar-refractivity contribution is -0.199. The molecule has 0 aromatic rings. The van der Waals surface area contributed by atoms with Crippen molar-refractivity contribution in [2.24, 2.45) is 17.3 Å². The van der Waals surface area contributed by atoms with E-state index in [4.69, 9.17) is 9.31 Å². The van der Waals surface area contributed by atoms with Gasteiger partial charge in [-0.15, -0.1) is 12.4 Å². The number of hydrogen-bond acceptors (Lipinski definition) is 3. The van der Waals surface area contributed by atoms with E-state index < -0.39 is 0 Å². The quantitative estimate of drug-likeness (QED) is 0.772. The fraction of sp³-hybridized carbons (Fsp3) is 1.00. The van der Waals surface area contributed by atoms with E-state index in [0.717, 1.165) is 12.5 Å². The second kappa shape index (κ2) is 4.12. The first-order chi connectivity index (χ1) is 7.48. The number of halogens is 1. The van der Waals surface area contributed by atoms with Gasteiger partial charge in [-0.3, -0.25) is 0 Å². The Kier molecular flexibility index (Phi) is 3.31. The molecule has 4 atom stereocenters. The Morgan fingerprint density at radius 3 is 2.59 bits per heavy atom. The molecule has 3 nitrogen and oxygen atoms in total. The van der Waals surface area contributed by atoms with Crippen LogP contribution in [0.1, 0.15) is 40.5 Å². The molecular formula is C12H23BClNO2. The molecule has 4 unspecified atom stereocenters. The molecule has 0 spiro atoms. The van der Waals surface area contributed by atoms with Gasteiger partial charge in [0.2, 0.25) is 0 Å². The zero-order valence-electron chi connectivity index (χ0n) is 11.2. The van der Waals surface area contributed by atoms with E-state index in [9.17, 15) is 0 Å².